The predicted molar refractivity (Wildman–Crippen MR) is 123 cm³/mol. The van der Waals surface area contributed by atoms with Crippen molar-refractivity contribution in [3.05, 3.63) is 48.0 Å². The normalized spacial score (nSPS) is 11.2. The van der Waals surface area contributed by atoms with Gasteiger partial charge in [-0.1, -0.05) is 76.6 Å². The van der Waals surface area contributed by atoms with Crippen molar-refractivity contribution in [1.82, 2.24) is 4.98 Å². The first kappa shape index (κ1) is 20.9. The van der Waals surface area contributed by atoms with Crippen molar-refractivity contribution in [3.8, 4) is 16.3 Å². The molecule has 0 saturated carbocycles. The molecule has 0 radical (unpaired) electrons. The molecule has 0 fully saturated rings. The van der Waals surface area contributed by atoms with E-state index in [1.165, 1.54) is 60.8 Å². The third-order valence-corrected chi connectivity index (χ3v) is 6.21. The Morgan fingerprint density at radius 3 is 2.36 bits per heavy atom. The molecule has 0 aliphatic rings. The largest absolute Gasteiger partial charge is 0.494 e. The Hall–Kier alpha value is -1.87. The zero-order valence-corrected chi connectivity index (χ0v) is 18.2. The number of nitrogens with zero attached hydrogens (tertiary/aromatic N) is 1. The van der Waals surface area contributed by atoms with E-state index in [1.54, 1.807) is 11.3 Å². The van der Waals surface area contributed by atoms with Crippen LogP contribution in [0.3, 0.4) is 0 Å². The first-order valence-corrected chi connectivity index (χ1v) is 11.7. The fourth-order valence-electron chi connectivity index (χ4n) is 3.38. The summed E-state index contributed by atoms with van der Waals surface area (Å²) in [5, 5.41) is 1.09. The summed E-state index contributed by atoms with van der Waals surface area (Å²) in [6, 6.07) is 15.2. The molecule has 3 heteroatoms. The van der Waals surface area contributed by atoms with Crippen LogP contribution in [0.2, 0.25) is 0 Å². The number of aryl methyl sites for hydroxylation is 1. The van der Waals surface area contributed by atoms with E-state index in [1.807, 2.05) is 6.07 Å². The molecule has 0 aliphatic heterocycles. The van der Waals surface area contributed by atoms with Gasteiger partial charge in [0.05, 0.1) is 16.8 Å². The molecular formula is C25H33NOS. The van der Waals surface area contributed by atoms with Crippen LogP contribution in [-0.2, 0) is 6.42 Å². The molecule has 0 unspecified atom stereocenters. The number of hydrogen-bond acceptors (Lipinski definition) is 3. The summed E-state index contributed by atoms with van der Waals surface area (Å²) >= 11 is 1.75. The lowest BCUT2D eigenvalue weighted by Crippen LogP contribution is -1.95. The van der Waals surface area contributed by atoms with Gasteiger partial charge in [-0.15, -0.1) is 11.3 Å². The Balaban J connectivity index is 1.57. The second-order valence-corrected chi connectivity index (χ2v) is 8.60. The summed E-state index contributed by atoms with van der Waals surface area (Å²) in [6.07, 6.45) is 11.5. The minimum atomic E-state index is 0.785. The summed E-state index contributed by atoms with van der Waals surface area (Å²) in [5.74, 6) is 0.949. The molecule has 2 aromatic carbocycles. The standard InChI is InChI=1S/C25H33NOS/c1-3-5-7-8-9-10-11-20-12-14-21(15-13-20)25-26-23-17-16-22(19-24(23)28-25)27-18-6-4-2/h12-17,19H,3-11,18H2,1-2H3. The third kappa shape index (κ3) is 6.07. The van der Waals surface area contributed by atoms with Crippen LogP contribution >= 0.6 is 11.3 Å². The molecule has 150 valence electrons. The van der Waals surface area contributed by atoms with Crippen LogP contribution in [0.4, 0.5) is 0 Å². The number of unbranched alkanes of at least 4 members (excludes halogenated alkanes) is 6. The Morgan fingerprint density at radius 2 is 1.57 bits per heavy atom. The molecule has 1 aromatic heterocycles. The fourth-order valence-corrected chi connectivity index (χ4v) is 4.38. The van der Waals surface area contributed by atoms with Crippen LogP contribution in [-0.4, -0.2) is 11.6 Å². The minimum absolute atomic E-state index is 0.785. The molecule has 28 heavy (non-hydrogen) atoms. The molecule has 0 aliphatic carbocycles. The van der Waals surface area contributed by atoms with Gasteiger partial charge < -0.3 is 4.74 Å². The van der Waals surface area contributed by atoms with Crippen molar-refractivity contribution in [2.45, 2.75) is 71.6 Å². The van der Waals surface area contributed by atoms with Gasteiger partial charge in [0.2, 0.25) is 0 Å². The van der Waals surface area contributed by atoms with E-state index < -0.39 is 0 Å². The molecule has 3 aromatic rings. The van der Waals surface area contributed by atoms with Gasteiger partial charge in [0.15, 0.2) is 0 Å². The van der Waals surface area contributed by atoms with Gasteiger partial charge >= 0.3 is 0 Å². The van der Waals surface area contributed by atoms with Crippen LogP contribution in [0.25, 0.3) is 20.8 Å². The molecule has 0 atom stereocenters. The maximum Gasteiger partial charge on any atom is 0.124 e. The topological polar surface area (TPSA) is 22.1 Å². The van der Waals surface area contributed by atoms with Crippen molar-refractivity contribution >= 4 is 21.6 Å². The molecule has 0 saturated heterocycles. The molecule has 2 nitrogen and oxygen atoms in total. The third-order valence-electron chi connectivity index (χ3n) is 5.15. The van der Waals surface area contributed by atoms with E-state index in [2.05, 4.69) is 50.2 Å². The average Bonchev–Trinajstić information content (AvgIpc) is 3.15. The molecule has 0 amide bonds. The lowest BCUT2D eigenvalue weighted by atomic mass is 10.0. The molecule has 0 N–H and O–H groups in total. The van der Waals surface area contributed by atoms with Crippen LogP contribution in [0.5, 0.6) is 5.75 Å². The highest BCUT2D eigenvalue weighted by molar-refractivity contribution is 7.21. The predicted octanol–water partition coefficient (Wildman–Crippen LogP) is 8.05. The Kier molecular flexibility index (Phi) is 8.35. The van der Waals surface area contributed by atoms with E-state index in [0.29, 0.717) is 0 Å². The van der Waals surface area contributed by atoms with Gasteiger partial charge in [0, 0.05) is 5.56 Å². The van der Waals surface area contributed by atoms with Crippen molar-refractivity contribution in [2.75, 3.05) is 6.61 Å². The van der Waals surface area contributed by atoms with Crippen molar-refractivity contribution in [2.24, 2.45) is 0 Å². The number of rotatable bonds is 12. The lowest BCUT2D eigenvalue weighted by molar-refractivity contribution is 0.310. The van der Waals surface area contributed by atoms with Gasteiger partial charge in [0.1, 0.15) is 10.8 Å². The zero-order chi connectivity index (χ0) is 19.6. The average molecular weight is 396 g/mol. The number of benzene rings is 2. The SMILES string of the molecule is CCCCCCCCc1ccc(-c2nc3ccc(OCCCC)cc3s2)cc1. The zero-order valence-electron chi connectivity index (χ0n) is 17.4. The molecule has 0 spiro atoms. The second-order valence-electron chi connectivity index (χ2n) is 7.57. The fraction of sp³-hybridized carbons (Fsp3) is 0.480. The van der Waals surface area contributed by atoms with Crippen LogP contribution in [0.1, 0.15) is 70.8 Å². The van der Waals surface area contributed by atoms with E-state index in [4.69, 9.17) is 9.72 Å². The second kappa shape index (κ2) is 11.2. The maximum atomic E-state index is 5.83. The highest BCUT2D eigenvalue weighted by Gasteiger charge is 2.08. The van der Waals surface area contributed by atoms with Crippen molar-refractivity contribution in [3.63, 3.8) is 0 Å². The van der Waals surface area contributed by atoms with E-state index in [-0.39, 0.29) is 0 Å². The Labute approximate surface area is 174 Å². The quantitative estimate of drug-likeness (QED) is 0.289. The van der Waals surface area contributed by atoms with Gasteiger partial charge in [-0.05, 0) is 43.0 Å². The summed E-state index contributed by atoms with van der Waals surface area (Å²) in [4.78, 5) is 4.82. The lowest BCUT2D eigenvalue weighted by Gasteiger charge is -2.04. The Bertz CT molecular complexity index is 837. The van der Waals surface area contributed by atoms with Gasteiger partial charge in [-0.2, -0.15) is 0 Å². The van der Waals surface area contributed by atoms with Crippen molar-refractivity contribution < 1.29 is 4.74 Å². The molecule has 0 bridgehead atoms. The summed E-state index contributed by atoms with van der Waals surface area (Å²) in [5.41, 5.74) is 3.70. The van der Waals surface area contributed by atoms with Crippen LogP contribution in [0.15, 0.2) is 42.5 Å². The van der Waals surface area contributed by atoms with E-state index in [9.17, 15) is 0 Å². The first-order valence-electron chi connectivity index (χ1n) is 10.9. The van der Waals surface area contributed by atoms with Gasteiger partial charge in [-0.3, -0.25) is 0 Å². The number of thiazole rings is 1. The number of aromatic nitrogens is 1. The molecule has 1 heterocycles. The minimum Gasteiger partial charge on any atom is -0.494 e. The summed E-state index contributed by atoms with van der Waals surface area (Å²) in [7, 11) is 0. The highest BCUT2D eigenvalue weighted by atomic mass is 32.1. The highest BCUT2D eigenvalue weighted by Crippen LogP contribution is 2.32. The van der Waals surface area contributed by atoms with E-state index in [0.717, 1.165) is 35.7 Å². The number of ether oxygens (including phenoxy) is 1. The summed E-state index contributed by atoms with van der Waals surface area (Å²) < 4.78 is 7.03. The van der Waals surface area contributed by atoms with Crippen LogP contribution < -0.4 is 4.74 Å². The van der Waals surface area contributed by atoms with Crippen LogP contribution in [0, 0.1) is 0 Å². The first-order chi connectivity index (χ1) is 13.8. The maximum absolute atomic E-state index is 5.83. The Morgan fingerprint density at radius 1 is 0.821 bits per heavy atom. The van der Waals surface area contributed by atoms with Crippen molar-refractivity contribution in [1.29, 1.82) is 0 Å². The summed E-state index contributed by atoms with van der Waals surface area (Å²) in [6.45, 7) is 5.24. The van der Waals surface area contributed by atoms with Gasteiger partial charge in [-0.25, -0.2) is 4.98 Å². The number of hydrogen-bond donors (Lipinski definition) is 0. The van der Waals surface area contributed by atoms with E-state index >= 15 is 0 Å². The monoisotopic (exact) mass is 395 g/mol. The molecule has 3 rings (SSSR count). The van der Waals surface area contributed by atoms with Gasteiger partial charge in [0.25, 0.3) is 0 Å². The number of fused-ring (bicyclic) bond motifs is 1. The molecular weight excluding hydrogens is 362 g/mol. The smallest absolute Gasteiger partial charge is 0.124 e.